The fourth-order valence-electron chi connectivity index (χ4n) is 3.53. The van der Waals surface area contributed by atoms with E-state index in [2.05, 4.69) is 73.1 Å². The first kappa shape index (κ1) is 24.7. The lowest BCUT2D eigenvalue weighted by Crippen LogP contribution is -2.45. The van der Waals surface area contributed by atoms with Gasteiger partial charge in [0.05, 0.1) is 0 Å². The summed E-state index contributed by atoms with van der Waals surface area (Å²) in [6.07, 6.45) is 2.51. The van der Waals surface area contributed by atoms with Crippen LogP contribution in [0.2, 0.25) is 0 Å². The smallest absolute Gasteiger partial charge is 0.191 e. The summed E-state index contributed by atoms with van der Waals surface area (Å²) >= 11 is 1.87. The summed E-state index contributed by atoms with van der Waals surface area (Å²) in [5.41, 5.74) is 0.151. The molecule has 0 spiro atoms. The van der Waals surface area contributed by atoms with E-state index in [0.29, 0.717) is 12.0 Å². The van der Waals surface area contributed by atoms with E-state index in [1.54, 1.807) is 0 Å². The number of guanidine groups is 1. The van der Waals surface area contributed by atoms with Crippen LogP contribution >= 0.6 is 35.3 Å². The van der Waals surface area contributed by atoms with Crippen molar-refractivity contribution in [1.82, 2.24) is 20.9 Å². The molecule has 1 aromatic rings. The summed E-state index contributed by atoms with van der Waals surface area (Å²) in [5, 5.41) is 12.5. The fraction of sp³-hybridized carbons (Fsp3) is 0.750. The zero-order valence-corrected chi connectivity index (χ0v) is 20.7. The van der Waals surface area contributed by atoms with Crippen molar-refractivity contribution < 1.29 is 0 Å². The van der Waals surface area contributed by atoms with Gasteiger partial charge in [-0.2, -0.15) is 0 Å². The quantitative estimate of drug-likeness (QED) is 0.228. The van der Waals surface area contributed by atoms with E-state index < -0.39 is 0 Å². The van der Waals surface area contributed by atoms with E-state index >= 15 is 0 Å². The zero-order chi connectivity index (χ0) is 19.0. The second-order valence-corrected chi connectivity index (χ2v) is 9.15. The van der Waals surface area contributed by atoms with Gasteiger partial charge < -0.3 is 16.0 Å². The lowest BCUT2D eigenvalue weighted by Gasteiger charge is -2.38. The maximum absolute atomic E-state index is 4.91. The summed E-state index contributed by atoms with van der Waals surface area (Å²) in [6, 6.07) is 4.93. The van der Waals surface area contributed by atoms with E-state index in [0.717, 1.165) is 32.1 Å². The second kappa shape index (κ2) is 12.2. The van der Waals surface area contributed by atoms with Crippen molar-refractivity contribution >= 4 is 41.3 Å². The minimum absolute atomic E-state index is 0. The van der Waals surface area contributed by atoms with Gasteiger partial charge >= 0.3 is 0 Å². The van der Waals surface area contributed by atoms with Crippen molar-refractivity contribution in [2.45, 2.75) is 52.1 Å². The van der Waals surface area contributed by atoms with Gasteiger partial charge in [0.1, 0.15) is 0 Å². The number of hydrogen-bond donors (Lipinski definition) is 3. The van der Waals surface area contributed by atoms with Crippen LogP contribution in [0.5, 0.6) is 0 Å². The predicted octanol–water partition coefficient (Wildman–Crippen LogP) is 3.69. The molecular weight excluding hydrogens is 469 g/mol. The van der Waals surface area contributed by atoms with Gasteiger partial charge in [-0.25, -0.2) is 0 Å². The summed E-state index contributed by atoms with van der Waals surface area (Å²) in [6.45, 7) is 13.4. The molecule has 1 fully saturated rings. The third-order valence-electron chi connectivity index (χ3n) is 4.74. The van der Waals surface area contributed by atoms with Gasteiger partial charge in [-0.15, -0.1) is 35.3 Å². The van der Waals surface area contributed by atoms with Crippen molar-refractivity contribution in [2.75, 3.05) is 39.8 Å². The Kier molecular flexibility index (Phi) is 11.2. The molecule has 0 aliphatic carbocycles. The number of likely N-dealkylation sites (tertiary alicyclic amines) is 1. The highest BCUT2D eigenvalue weighted by Gasteiger charge is 2.31. The number of rotatable bonds is 7. The Morgan fingerprint density at radius 2 is 2.07 bits per heavy atom. The number of hydrogen-bond acceptors (Lipinski definition) is 4. The predicted molar refractivity (Wildman–Crippen MR) is 130 cm³/mol. The van der Waals surface area contributed by atoms with Crippen LogP contribution in [0, 0.1) is 5.92 Å². The Balaban J connectivity index is 0.00000364. The molecular formula is C20H38IN5S. The fourth-order valence-corrected chi connectivity index (χ4v) is 4.51. The lowest BCUT2D eigenvalue weighted by molar-refractivity contribution is 0.128. The zero-order valence-electron chi connectivity index (χ0n) is 17.5. The highest BCUT2D eigenvalue weighted by Crippen LogP contribution is 2.37. The molecule has 2 unspecified atom stereocenters. The van der Waals surface area contributed by atoms with Gasteiger partial charge in [0, 0.05) is 42.6 Å². The molecule has 2 heterocycles. The van der Waals surface area contributed by atoms with Crippen LogP contribution in [-0.4, -0.2) is 56.2 Å². The number of thiophene rings is 1. The molecule has 2 rings (SSSR count). The van der Waals surface area contributed by atoms with E-state index in [-0.39, 0.29) is 29.5 Å². The average Bonchev–Trinajstić information content (AvgIpc) is 3.09. The first-order chi connectivity index (χ1) is 12.4. The number of halogens is 1. The van der Waals surface area contributed by atoms with Gasteiger partial charge in [0.15, 0.2) is 5.96 Å². The van der Waals surface area contributed by atoms with Crippen molar-refractivity contribution in [3.8, 4) is 0 Å². The Labute approximate surface area is 186 Å². The van der Waals surface area contributed by atoms with Gasteiger partial charge in [-0.05, 0) is 71.5 Å². The molecule has 3 N–H and O–H groups in total. The summed E-state index contributed by atoms with van der Waals surface area (Å²) in [5.74, 6) is 1.51. The number of nitrogens with zero attached hydrogens (tertiary/aromatic N) is 2. The molecule has 0 amide bonds. The molecule has 0 aromatic carbocycles. The summed E-state index contributed by atoms with van der Waals surface area (Å²) in [7, 11) is 2.25. The van der Waals surface area contributed by atoms with Crippen LogP contribution in [0.25, 0.3) is 0 Å². The maximum Gasteiger partial charge on any atom is 0.191 e. The van der Waals surface area contributed by atoms with Gasteiger partial charge in [0.25, 0.3) is 0 Å². The summed E-state index contributed by atoms with van der Waals surface area (Å²) < 4.78 is 0. The number of piperidine rings is 1. The van der Waals surface area contributed by atoms with Crippen molar-refractivity contribution in [1.29, 1.82) is 0 Å². The van der Waals surface area contributed by atoms with E-state index in [9.17, 15) is 0 Å². The molecule has 1 aliphatic heterocycles. The maximum atomic E-state index is 4.91. The van der Waals surface area contributed by atoms with Crippen LogP contribution in [-0.2, 0) is 0 Å². The van der Waals surface area contributed by atoms with Crippen molar-refractivity contribution in [3.05, 3.63) is 22.4 Å². The Hall–Kier alpha value is -0.380. The Morgan fingerprint density at radius 3 is 2.70 bits per heavy atom. The van der Waals surface area contributed by atoms with Crippen LogP contribution in [0.15, 0.2) is 22.5 Å². The van der Waals surface area contributed by atoms with Crippen LogP contribution < -0.4 is 16.0 Å². The van der Waals surface area contributed by atoms with Crippen LogP contribution in [0.4, 0.5) is 0 Å². The third kappa shape index (κ3) is 8.66. The molecule has 2 atom stereocenters. The van der Waals surface area contributed by atoms with Crippen molar-refractivity contribution in [3.63, 3.8) is 0 Å². The van der Waals surface area contributed by atoms with Crippen LogP contribution in [0.3, 0.4) is 0 Å². The van der Waals surface area contributed by atoms with E-state index in [1.165, 1.54) is 24.3 Å². The third-order valence-corrected chi connectivity index (χ3v) is 5.69. The van der Waals surface area contributed by atoms with Gasteiger partial charge in [-0.1, -0.05) is 6.07 Å². The minimum Gasteiger partial charge on any atom is -0.357 e. The topological polar surface area (TPSA) is 51.7 Å². The highest BCUT2D eigenvalue weighted by atomic mass is 127. The van der Waals surface area contributed by atoms with Crippen LogP contribution in [0.1, 0.15) is 51.5 Å². The minimum atomic E-state index is 0. The number of aliphatic imine (C=N–C) groups is 1. The molecule has 0 saturated carbocycles. The highest BCUT2D eigenvalue weighted by molar-refractivity contribution is 14.0. The molecule has 27 heavy (non-hydrogen) atoms. The average molecular weight is 508 g/mol. The van der Waals surface area contributed by atoms with E-state index in [4.69, 9.17) is 4.99 Å². The van der Waals surface area contributed by atoms with Crippen molar-refractivity contribution in [2.24, 2.45) is 10.9 Å². The number of nitrogens with one attached hydrogen (secondary N) is 3. The lowest BCUT2D eigenvalue weighted by atomic mass is 9.88. The normalized spacial score (nSPS) is 21.6. The standard InChI is InChI=1S/C20H37N5S.HI/c1-6-21-19(22-11-12-24-20(2,3)4)23-15-16-9-7-13-25(5)18(16)17-10-8-14-26-17;/h8,10,14,16,18,24H,6-7,9,11-13,15H2,1-5H3,(H2,21,22,23);1H. The molecule has 7 heteroatoms. The molecule has 156 valence electrons. The molecule has 5 nitrogen and oxygen atoms in total. The second-order valence-electron chi connectivity index (χ2n) is 8.17. The molecule has 1 aromatic heterocycles. The molecule has 0 bridgehead atoms. The largest absolute Gasteiger partial charge is 0.357 e. The molecule has 1 saturated heterocycles. The Bertz CT molecular complexity index is 541. The first-order valence-corrected chi connectivity index (χ1v) is 10.8. The summed E-state index contributed by atoms with van der Waals surface area (Å²) in [4.78, 5) is 8.89. The monoisotopic (exact) mass is 507 g/mol. The molecule has 1 aliphatic rings. The van der Waals surface area contributed by atoms with Gasteiger partial charge in [0.2, 0.25) is 0 Å². The SMILES string of the molecule is CCNC(=NCC1CCCN(C)C1c1cccs1)NCCNC(C)(C)C.I. The van der Waals surface area contributed by atoms with E-state index in [1.807, 2.05) is 11.3 Å². The van der Waals surface area contributed by atoms with Gasteiger partial charge in [-0.3, -0.25) is 9.89 Å². The molecule has 0 radical (unpaired) electrons. The Morgan fingerprint density at radius 1 is 1.30 bits per heavy atom. The first-order valence-electron chi connectivity index (χ1n) is 9.91.